The Morgan fingerprint density at radius 3 is 2.69 bits per heavy atom. The van der Waals surface area contributed by atoms with Gasteiger partial charge in [0.1, 0.15) is 5.82 Å². The summed E-state index contributed by atoms with van der Waals surface area (Å²) < 4.78 is 14.6. The lowest BCUT2D eigenvalue weighted by molar-refractivity contribution is 0.0954. The Morgan fingerprint density at radius 1 is 1.19 bits per heavy atom. The highest BCUT2D eigenvalue weighted by Gasteiger charge is 2.13. The maximum atomic E-state index is 12.9. The van der Waals surface area contributed by atoms with Crippen molar-refractivity contribution < 1.29 is 9.18 Å². The Morgan fingerprint density at radius 2 is 1.96 bits per heavy atom. The van der Waals surface area contributed by atoms with Gasteiger partial charge in [-0.2, -0.15) is 0 Å². The Hall–Kier alpha value is -3.09. The summed E-state index contributed by atoms with van der Waals surface area (Å²) >= 11 is 0. The normalized spacial score (nSPS) is 10.9. The van der Waals surface area contributed by atoms with Crippen LogP contribution in [0.15, 0.2) is 48.5 Å². The fraction of sp³-hybridized carbons (Fsp3) is 0.263. The maximum Gasteiger partial charge on any atom is 0.251 e. The van der Waals surface area contributed by atoms with Gasteiger partial charge in [0.2, 0.25) is 0 Å². The molecule has 6 nitrogen and oxygen atoms in total. The molecule has 1 amide bonds. The molecule has 0 aliphatic heterocycles. The van der Waals surface area contributed by atoms with Gasteiger partial charge >= 0.3 is 0 Å². The van der Waals surface area contributed by atoms with Crippen LogP contribution in [0, 0.1) is 5.82 Å². The highest BCUT2D eigenvalue weighted by atomic mass is 19.1. The monoisotopic (exact) mass is 353 g/mol. The molecule has 3 aromatic rings. The van der Waals surface area contributed by atoms with Crippen molar-refractivity contribution in [1.29, 1.82) is 0 Å². The van der Waals surface area contributed by atoms with Gasteiger partial charge in [0, 0.05) is 17.7 Å². The number of rotatable bonds is 6. The number of hydrogen-bond donors (Lipinski definition) is 1. The van der Waals surface area contributed by atoms with Gasteiger partial charge in [-0.15, -0.1) is 5.10 Å². The lowest BCUT2D eigenvalue weighted by Gasteiger charge is -2.09. The van der Waals surface area contributed by atoms with Gasteiger partial charge in [-0.25, -0.2) is 9.07 Å². The third kappa shape index (κ3) is 4.11. The first kappa shape index (κ1) is 17.7. The zero-order chi connectivity index (χ0) is 18.5. The third-order valence-electron chi connectivity index (χ3n) is 3.98. The van der Waals surface area contributed by atoms with Crippen molar-refractivity contribution >= 4 is 5.91 Å². The summed E-state index contributed by atoms with van der Waals surface area (Å²) in [7, 11) is 0. The number of nitrogens with zero attached hydrogens (tertiary/aromatic N) is 4. The molecule has 0 spiro atoms. The summed E-state index contributed by atoms with van der Waals surface area (Å²) in [6, 6.07) is 13.6. The van der Waals surface area contributed by atoms with Crippen LogP contribution in [0.5, 0.6) is 0 Å². The van der Waals surface area contributed by atoms with Crippen LogP contribution in [0.3, 0.4) is 0 Å². The molecule has 0 radical (unpaired) electrons. The van der Waals surface area contributed by atoms with Crippen molar-refractivity contribution in [2.75, 3.05) is 6.54 Å². The smallest absolute Gasteiger partial charge is 0.251 e. The average Bonchev–Trinajstić information content (AvgIpc) is 3.13. The molecule has 0 unspecified atom stereocenters. The van der Waals surface area contributed by atoms with Crippen molar-refractivity contribution in [3.8, 4) is 11.4 Å². The van der Waals surface area contributed by atoms with E-state index in [9.17, 15) is 9.18 Å². The van der Waals surface area contributed by atoms with Crippen molar-refractivity contribution in [3.05, 3.63) is 65.5 Å². The topological polar surface area (TPSA) is 72.7 Å². The van der Waals surface area contributed by atoms with Gasteiger partial charge in [-0.1, -0.05) is 24.3 Å². The summed E-state index contributed by atoms with van der Waals surface area (Å²) in [5, 5.41) is 14.6. The molecular weight excluding hydrogens is 333 g/mol. The van der Waals surface area contributed by atoms with Gasteiger partial charge < -0.3 is 5.32 Å². The molecule has 26 heavy (non-hydrogen) atoms. The SMILES string of the molecule is CC(C)n1nnnc1-c1cccc(C(=O)NCCc2ccc(F)cc2)c1. The Kier molecular flexibility index (Phi) is 5.36. The zero-order valence-electron chi connectivity index (χ0n) is 14.7. The van der Waals surface area contributed by atoms with Crippen LogP contribution in [0.1, 0.15) is 35.8 Å². The van der Waals surface area contributed by atoms with Crippen LogP contribution in [-0.2, 0) is 6.42 Å². The number of benzene rings is 2. The second-order valence-corrected chi connectivity index (χ2v) is 6.25. The van der Waals surface area contributed by atoms with Gasteiger partial charge in [0.15, 0.2) is 5.82 Å². The number of carbonyl (C=O) groups excluding carboxylic acids is 1. The van der Waals surface area contributed by atoms with E-state index in [2.05, 4.69) is 20.8 Å². The van der Waals surface area contributed by atoms with Gasteiger partial charge in [0.05, 0.1) is 6.04 Å². The van der Waals surface area contributed by atoms with Crippen LogP contribution in [0.4, 0.5) is 4.39 Å². The molecule has 134 valence electrons. The first-order valence-electron chi connectivity index (χ1n) is 8.45. The quantitative estimate of drug-likeness (QED) is 0.739. The van der Waals surface area contributed by atoms with E-state index in [1.54, 1.807) is 28.9 Å². The largest absolute Gasteiger partial charge is 0.352 e. The number of nitrogens with one attached hydrogen (secondary N) is 1. The maximum absolute atomic E-state index is 12.9. The van der Waals surface area contributed by atoms with Crippen molar-refractivity contribution in [2.24, 2.45) is 0 Å². The van der Waals surface area contributed by atoms with Gasteiger partial charge in [0.25, 0.3) is 5.91 Å². The van der Waals surface area contributed by atoms with E-state index in [0.29, 0.717) is 24.4 Å². The van der Waals surface area contributed by atoms with Crippen molar-refractivity contribution in [2.45, 2.75) is 26.3 Å². The number of hydrogen-bond acceptors (Lipinski definition) is 4. The Bertz CT molecular complexity index is 889. The van der Waals surface area contributed by atoms with Crippen LogP contribution in [0.2, 0.25) is 0 Å². The predicted molar refractivity (Wildman–Crippen MR) is 96.1 cm³/mol. The van der Waals surface area contributed by atoms with Gasteiger partial charge in [-0.05, 0) is 60.5 Å². The minimum Gasteiger partial charge on any atom is -0.352 e. The van der Waals surface area contributed by atoms with E-state index < -0.39 is 0 Å². The molecule has 0 aliphatic carbocycles. The lowest BCUT2D eigenvalue weighted by Crippen LogP contribution is -2.25. The molecule has 0 saturated carbocycles. The molecule has 3 rings (SSSR count). The van der Waals surface area contributed by atoms with E-state index in [1.165, 1.54) is 12.1 Å². The molecule has 1 heterocycles. The molecule has 0 saturated heterocycles. The highest BCUT2D eigenvalue weighted by Crippen LogP contribution is 2.20. The van der Waals surface area contributed by atoms with Crippen LogP contribution < -0.4 is 5.32 Å². The van der Waals surface area contributed by atoms with Crippen LogP contribution in [0.25, 0.3) is 11.4 Å². The number of halogens is 1. The first-order valence-corrected chi connectivity index (χ1v) is 8.45. The minimum absolute atomic E-state index is 0.119. The van der Waals surface area contributed by atoms with Crippen molar-refractivity contribution in [3.63, 3.8) is 0 Å². The molecular formula is C19H20FN5O. The Balaban J connectivity index is 1.66. The summed E-state index contributed by atoms with van der Waals surface area (Å²) in [5.41, 5.74) is 2.30. The number of carbonyl (C=O) groups is 1. The summed E-state index contributed by atoms with van der Waals surface area (Å²) in [4.78, 5) is 12.4. The number of amides is 1. The minimum atomic E-state index is -0.265. The molecule has 7 heteroatoms. The molecule has 1 aromatic heterocycles. The fourth-order valence-electron chi connectivity index (χ4n) is 2.60. The van der Waals surface area contributed by atoms with Crippen molar-refractivity contribution in [1.82, 2.24) is 25.5 Å². The first-order chi connectivity index (χ1) is 12.5. The molecule has 0 aliphatic rings. The zero-order valence-corrected chi connectivity index (χ0v) is 14.7. The highest BCUT2D eigenvalue weighted by molar-refractivity contribution is 5.95. The van der Waals surface area contributed by atoms with E-state index in [1.807, 2.05) is 26.0 Å². The van der Waals surface area contributed by atoms with E-state index in [4.69, 9.17) is 0 Å². The second kappa shape index (κ2) is 7.86. The molecule has 0 bridgehead atoms. The lowest BCUT2D eigenvalue weighted by atomic mass is 10.1. The molecule has 1 N–H and O–H groups in total. The standard InChI is InChI=1S/C19H20FN5O/c1-13(2)25-18(22-23-24-25)15-4-3-5-16(12-15)19(26)21-11-10-14-6-8-17(20)9-7-14/h3-9,12-13H,10-11H2,1-2H3,(H,21,26). The molecule has 0 atom stereocenters. The average molecular weight is 353 g/mol. The summed E-state index contributed by atoms with van der Waals surface area (Å²) in [6.07, 6.45) is 0.636. The molecule has 2 aromatic carbocycles. The van der Waals surface area contributed by atoms with E-state index >= 15 is 0 Å². The summed E-state index contributed by atoms with van der Waals surface area (Å²) in [6.45, 7) is 4.45. The van der Waals surface area contributed by atoms with Gasteiger partial charge in [-0.3, -0.25) is 4.79 Å². The number of tetrazole rings is 1. The second-order valence-electron chi connectivity index (χ2n) is 6.25. The van der Waals surface area contributed by atoms with Crippen LogP contribution >= 0.6 is 0 Å². The Labute approximate surface area is 151 Å². The van der Waals surface area contributed by atoms with E-state index in [0.717, 1.165) is 11.1 Å². The van der Waals surface area contributed by atoms with Crippen LogP contribution in [-0.4, -0.2) is 32.7 Å². The summed E-state index contributed by atoms with van der Waals surface area (Å²) in [5.74, 6) is 0.192. The fourth-order valence-corrected chi connectivity index (χ4v) is 2.60. The predicted octanol–water partition coefficient (Wildman–Crippen LogP) is 3.03. The number of aromatic nitrogens is 4. The third-order valence-corrected chi connectivity index (χ3v) is 3.98. The molecule has 0 fully saturated rings. The van der Waals surface area contributed by atoms with E-state index in [-0.39, 0.29) is 17.8 Å².